The Morgan fingerprint density at radius 1 is 1.39 bits per heavy atom. The van der Waals surface area contributed by atoms with Crippen molar-refractivity contribution in [1.29, 1.82) is 0 Å². The fourth-order valence-electron chi connectivity index (χ4n) is 1.48. The minimum Gasteiger partial charge on any atom is -0.462 e. The Bertz CT molecular complexity index is 540. The van der Waals surface area contributed by atoms with E-state index in [1.54, 1.807) is 29.5 Å². The standard InChI is InChI=1S/C13H12BrNO2S/c14-9-3-4-12(15)11(8-9)13(16)17-6-5-10-2-1-7-18-10/h1-4,7-8H,5-6,15H2. The van der Waals surface area contributed by atoms with Crippen LogP contribution >= 0.6 is 27.3 Å². The van der Waals surface area contributed by atoms with E-state index in [1.807, 2.05) is 17.5 Å². The van der Waals surface area contributed by atoms with Crippen LogP contribution in [0, 0.1) is 0 Å². The second-order valence-corrected chi connectivity index (χ2v) is 5.64. The number of esters is 1. The van der Waals surface area contributed by atoms with Gasteiger partial charge in [0.05, 0.1) is 12.2 Å². The molecule has 0 saturated heterocycles. The van der Waals surface area contributed by atoms with Crippen molar-refractivity contribution in [2.24, 2.45) is 0 Å². The van der Waals surface area contributed by atoms with E-state index >= 15 is 0 Å². The van der Waals surface area contributed by atoms with Gasteiger partial charge in [0, 0.05) is 21.5 Å². The topological polar surface area (TPSA) is 52.3 Å². The minimum absolute atomic E-state index is 0.366. The van der Waals surface area contributed by atoms with E-state index in [9.17, 15) is 4.79 Å². The summed E-state index contributed by atoms with van der Waals surface area (Å²) in [6.07, 6.45) is 0.733. The lowest BCUT2D eigenvalue weighted by Crippen LogP contribution is -2.10. The van der Waals surface area contributed by atoms with E-state index in [0.29, 0.717) is 17.9 Å². The average molecular weight is 326 g/mol. The first-order valence-corrected chi connectivity index (χ1v) is 7.08. The summed E-state index contributed by atoms with van der Waals surface area (Å²) in [5.41, 5.74) is 6.57. The monoisotopic (exact) mass is 325 g/mol. The van der Waals surface area contributed by atoms with Crippen LogP contribution in [0.15, 0.2) is 40.2 Å². The molecular formula is C13H12BrNO2S. The molecule has 5 heteroatoms. The smallest absolute Gasteiger partial charge is 0.340 e. The van der Waals surface area contributed by atoms with Crippen molar-refractivity contribution in [1.82, 2.24) is 0 Å². The molecule has 0 aliphatic carbocycles. The van der Waals surface area contributed by atoms with Crippen LogP contribution in [0.2, 0.25) is 0 Å². The number of anilines is 1. The van der Waals surface area contributed by atoms with Crippen molar-refractivity contribution in [2.75, 3.05) is 12.3 Å². The predicted octanol–water partition coefficient (Wildman–Crippen LogP) is 3.49. The molecule has 0 aliphatic rings. The van der Waals surface area contributed by atoms with Gasteiger partial charge in [0.1, 0.15) is 0 Å². The summed E-state index contributed by atoms with van der Waals surface area (Å²) in [4.78, 5) is 13.0. The van der Waals surface area contributed by atoms with Crippen molar-refractivity contribution in [3.8, 4) is 0 Å². The van der Waals surface area contributed by atoms with Gasteiger partial charge in [0.15, 0.2) is 0 Å². The van der Waals surface area contributed by atoms with Crippen molar-refractivity contribution in [3.63, 3.8) is 0 Å². The van der Waals surface area contributed by atoms with Gasteiger partial charge in [-0.15, -0.1) is 11.3 Å². The zero-order valence-corrected chi connectivity index (χ0v) is 12.0. The number of hydrogen-bond donors (Lipinski definition) is 1. The maximum absolute atomic E-state index is 11.8. The molecule has 1 aromatic heterocycles. The molecule has 0 unspecified atom stereocenters. The lowest BCUT2D eigenvalue weighted by atomic mass is 10.2. The van der Waals surface area contributed by atoms with Crippen molar-refractivity contribution in [2.45, 2.75) is 6.42 Å². The summed E-state index contributed by atoms with van der Waals surface area (Å²) in [6.45, 7) is 0.366. The Balaban J connectivity index is 1.93. The molecule has 0 fully saturated rings. The molecular weight excluding hydrogens is 314 g/mol. The van der Waals surface area contributed by atoms with E-state index in [0.717, 1.165) is 10.9 Å². The third-order valence-electron chi connectivity index (χ3n) is 2.40. The van der Waals surface area contributed by atoms with Gasteiger partial charge < -0.3 is 10.5 Å². The fourth-order valence-corrected chi connectivity index (χ4v) is 2.53. The normalized spacial score (nSPS) is 10.3. The quantitative estimate of drug-likeness (QED) is 0.691. The van der Waals surface area contributed by atoms with Crippen molar-refractivity contribution < 1.29 is 9.53 Å². The molecule has 0 bridgehead atoms. The van der Waals surface area contributed by atoms with E-state index in [1.165, 1.54) is 4.88 Å². The molecule has 1 aromatic carbocycles. The molecule has 0 saturated carbocycles. The Hall–Kier alpha value is -1.33. The molecule has 0 atom stereocenters. The van der Waals surface area contributed by atoms with E-state index < -0.39 is 0 Å². The zero-order chi connectivity index (χ0) is 13.0. The number of carbonyl (C=O) groups excluding carboxylic acids is 1. The van der Waals surface area contributed by atoms with Crippen LogP contribution in [0.1, 0.15) is 15.2 Å². The lowest BCUT2D eigenvalue weighted by Gasteiger charge is -2.06. The molecule has 0 spiro atoms. The first-order valence-electron chi connectivity index (χ1n) is 5.41. The number of ether oxygens (including phenoxy) is 1. The molecule has 1 heterocycles. The Morgan fingerprint density at radius 2 is 2.22 bits per heavy atom. The maximum atomic E-state index is 11.8. The molecule has 2 aromatic rings. The lowest BCUT2D eigenvalue weighted by molar-refractivity contribution is 0.0511. The summed E-state index contributed by atoms with van der Waals surface area (Å²) in [5, 5.41) is 2.00. The zero-order valence-electron chi connectivity index (χ0n) is 9.56. The van der Waals surface area contributed by atoms with E-state index in [2.05, 4.69) is 15.9 Å². The van der Waals surface area contributed by atoms with Crippen LogP contribution < -0.4 is 5.73 Å². The largest absolute Gasteiger partial charge is 0.462 e. The third-order valence-corrected chi connectivity index (χ3v) is 3.83. The third kappa shape index (κ3) is 3.34. The van der Waals surface area contributed by atoms with Crippen LogP contribution in [-0.2, 0) is 11.2 Å². The Morgan fingerprint density at radius 3 is 2.94 bits per heavy atom. The van der Waals surface area contributed by atoms with Gasteiger partial charge in [0.25, 0.3) is 0 Å². The number of carbonyl (C=O) groups is 1. The Kier molecular flexibility index (Phi) is 4.38. The second-order valence-electron chi connectivity index (χ2n) is 3.70. The van der Waals surface area contributed by atoms with Gasteiger partial charge in [-0.25, -0.2) is 4.79 Å². The number of hydrogen-bond acceptors (Lipinski definition) is 4. The first kappa shape index (κ1) is 13.1. The first-order chi connectivity index (χ1) is 8.66. The summed E-state index contributed by atoms with van der Waals surface area (Å²) in [7, 11) is 0. The SMILES string of the molecule is Nc1ccc(Br)cc1C(=O)OCCc1cccs1. The molecule has 0 aliphatic heterocycles. The highest BCUT2D eigenvalue weighted by atomic mass is 79.9. The highest BCUT2D eigenvalue weighted by molar-refractivity contribution is 9.10. The molecule has 2 N–H and O–H groups in total. The van der Waals surface area contributed by atoms with Gasteiger partial charge in [-0.1, -0.05) is 22.0 Å². The number of nitrogens with two attached hydrogens (primary N) is 1. The highest BCUT2D eigenvalue weighted by Gasteiger charge is 2.11. The number of nitrogen functional groups attached to an aromatic ring is 1. The molecule has 2 rings (SSSR count). The van der Waals surface area contributed by atoms with Crippen molar-refractivity contribution in [3.05, 3.63) is 50.6 Å². The van der Waals surface area contributed by atoms with E-state index in [-0.39, 0.29) is 5.97 Å². The fraction of sp³-hybridized carbons (Fsp3) is 0.154. The van der Waals surface area contributed by atoms with Crippen LogP contribution in [0.3, 0.4) is 0 Å². The van der Waals surface area contributed by atoms with E-state index in [4.69, 9.17) is 10.5 Å². The summed E-state index contributed by atoms with van der Waals surface area (Å²) < 4.78 is 6.01. The minimum atomic E-state index is -0.384. The molecule has 0 amide bonds. The summed E-state index contributed by atoms with van der Waals surface area (Å²) >= 11 is 4.96. The molecule has 94 valence electrons. The van der Waals surface area contributed by atoms with Gasteiger partial charge in [0.2, 0.25) is 0 Å². The summed E-state index contributed by atoms with van der Waals surface area (Å²) in [5.74, 6) is -0.384. The predicted molar refractivity (Wildman–Crippen MR) is 76.9 cm³/mol. The molecule has 0 radical (unpaired) electrons. The number of rotatable bonds is 4. The van der Waals surface area contributed by atoms with Gasteiger partial charge in [-0.3, -0.25) is 0 Å². The Labute approximate surface area is 118 Å². The second kappa shape index (κ2) is 6.02. The molecule has 3 nitrogen and oxygen atoms in total. The maximum Gasteiger partial charge on any atom is 0.340 e. The number of benzene rings is 1. The van der Waals surface area contributed by atoms with Crippen LogP contribution in [-0.4, -0.2) is 12.6 Å². The highest BCUT2D eigenvalue weighted by Crippen LogP contribution is 2.19. The van der Waals surface area contributed by atoms with Crippen LogP contribution in [0.25, 0.3) is 0 Å². The van der Waals surface area contributed by atoms with Crippen LogP contribution in [0.4, 0.5) is 5.69 Å². The number of halogens is 1. The average Bonchev–Trinajstić information content (AvgIpc) is 2.85. The van der Waals surface area contributed by atoms with Gasteiger partial charge in [-0.2, -0.15) is 0 Å². The van der Waals surface area contributed by atoms with Crippen LogP contribution in [0.5, 0.6) is 0 Å². The summed E-state index contributed by atoms with van der Waals surface area (Å²) in [6, 6.07) is 9.14. The number of thiophene rings is 1. The van der Waals surface area contributed by atoms with Gasteiger partial charge in [-0.05, 0) is 29.6 Å². The van der Waals surface area contributed by atoms with Gasteiger partial charge >= 0.3 is 5.97 Å². The van der Waals surface area contributed by atoms with Crippen molar-refractivity contribution >= 4 is 38.9 Å². The molecule has 18 heavy (non-hydrogen) atoms.